The molecular weight excluding hydrogens is 445 g/mol. The van der Waals surface area contributed by atoms with Gasteiger partial charge < -0.3 is 9.84 Å². The molecule has 1 atom stereocenters. The standard InChI is InChI=1S/C29H28FNO4/c1-17-10-6-9-13-22(17)31-25(19-11-7-8-12-21(19)30)24(27(33)28(31)34)26(32)18-14-15-23(35-5)20(16-18)29(2,3)4/h6-16,25,32H,1-5H3/b26-24+. The van der Waals surface area contributed by atoms with Crippen molar-refractivity contribution < 1.29 is 23.8 Å². The highest BCUT2D eigenvalue weighted by molar-refractivity contribution is 6.51. The van der Waals surface area contributed by atoms with Gasteiger partial charge in [-0.2, -0.15) is 0 Å². The molecule has 180 valence electrons. The van der Waals surface area contributed by atoms with Crippen LogP contribution in [-0.4, -0.2) is 23.9 Å². The number of halogens is 1. The minimum absolute atomic E-state index is 0.126. The number of aliphatic hydroxyl groups is 1. The van der Waals surface area contributed by atoms with Crippen LogP contribution in [-0.2, 0) is 15.0 Å². The second kappa shape index (κ2) is 9.02. The van der Waals surface area contributed by atoms with E-state index >= 15 is 4.39 Å². The van der Waals surface area contributed by atoms with Crippen molar-refractivity contribution in [2.45, 2.75) is 39.2 Å². The average molecular weight is 474 g/mol. The number of carbonyl (C=O) groups excluding carboxylic acids is 2. The van der Waals surface area contributed by atoms with Crippen LogP contribution in [0.1, 0.15) is 49.1 Å². The number of rotatable bonds is 4. The third kappa shape index (κ3) is 4.20. The van der Waals surface area contributed by atoms with Crippen molar-refractivity contribution in [2.24, 2.45) is 0 Å². The van der Waals surface area contributed by atoms with Gasteiger partial charge in [0, 0.05) is 22.4 Å². The number of nitrogens with zero attached hydrogens (tertiary/aromatic N) is 1. The van der Waals surface area contributed by atoms with E-state index in [2.05, 4.69) is 0 Å². The summed E-state index contributed by atoms with van der Waals surface area (Å²) in [6.07, 6.45) is 0. The molecule has 1 saturated heterocycles. The zero-order chi connectivity index (χ0) is 25.5. The molecule has 0 aliphatic carbocycles. The van der Waals surface area contributed by atoms with Crippen molar-refractivity contribution in [3.63, 3.8) is 0 Å². The first kappa shape index (κ1) is 24.2. The molecule has 1 aliphatic rings. The molecule has 1 unspecified atom stereocenters. The lowest BCUT2D eigenvalue weighted by Gasteiger charge is -2.27. The number of hydrogen-bond donors (Lipinski definition) is 1. The van der Waals surface area contributed by atoms with Gasteiger partial charge in [-0.3, -0.25) is 14.5 Å². The zero-order valence-electron chi connectivity index (χ0n) is 20.4. The molecule has 1 fully saturated rings. The topological polar surface area (TPSA) is 66.8 Å². The Morgan fingerprint density at radius 3 is 2.29 bits per heavy atom. The van der Waals surface area contributed by atoms with Gasteiger partial charge in [-0.1, -0.05) is 57.2 Å². The Hall–Kier alpha value is -3.93. The highest BCUT2D eigenvalue weighted by Gasteiger charge is 2.48. The minimum atomic E-state index is -1.13. The molecule has 6 heteroatoms. The first-order valence-electron chi connectivity index (χ1n) is 11.4. The Labute approximate surface area is 204 Å². The predicted molar refractivity (Wildman–Crippen MR) is 134 cm³/mol. The lowest BCUT2D eigenvalue weighted by Crippen LogP contribution is -2.30. The van der Waals surface area contributed by atoms with E-state index in [1.165, 1.54) is 23.1 Å². The fraction of sp³-hybridized carbons (Fsp3) is 0.241. The van der Waals surface area contributed by atoms with Crippen molar-refractivity contribution >= 4 is 23.1 Å². The van der Waals surface area contributed by atoms with Gasteiger partial charge in [0.15, 0.2) is 0 Å². The quantitative estimate of drug-likeness (QED) is 0.284. The summed E-state index contributed by atoms with van der Waals surface area (Å²) in [5.41, 5.74) is 2.04. The summed E-state index contributed by atoms with van der Waals surface area (Å²) in [6, 6.07) is 17.0. The Bertz CT molecular complexity index is 1350. The lowest BCUT2D eigenvalue weighted by atomic mass is 9.84. The molecule has 35 heavy (non-hydrogen) atoms. The van der Waals surface area contributed by atoms with E-state index in [0.29, 0.717) is 17.0 Å². The normalized spacial score (nSPS) is 17.7. The number of aliphatic hydroxyl groups excluding tert-OH is 1. The Morgan fingerprint density at radius 1 is 1.00 bits per heavy atom. The van der Waals surface area contributed by atoms with E-state index in [1.807, 2.05) is 39.8 Å². The van der Waals surface area contributed by atoms with Crippen molar-refractivity contribution in [2.75, 3.05) is 12.0 Å². The third-order valence-corrected chi connectivity index (χ3v) is 6.30. The fourth-order valence-electron chi connectivity index (χ4n) is 4.50. The molecule has 3 aromatic rings. The number of carbonyl (C=O) groups is 2. The molecule has 1 N–H and O–H groups in total. The van der Waals surface area contributed by atoms with Gasteiger partial charge >= 0.3 is 0 Å². The summed E-state index contributed by atoms with van der Waals surface area (Å²) in [7, 11) is 1.57. The number of Topliss-reactive ketones (excluding diaryl/α,β-unsaturated/α-hetero) is 1. The summed E-state index contributed by atoms with van der Waals surface area (Å²) >= 11 is 0. The molecule has 3 aromatic carbocycles. The van der Waals surface area contributed by atoms with E-state index in [9.17, 15) is 14.7 Å². The van der Waals surface area contributed by atoms with Crippen LogP contribution in [0.15, 0.2) is 72.3 Å². The van der Waals surface area contributed by atoms with Crippen LogP contribution in [0.25, 0.3) is 5.76 Å². The third-order valence-electron chi connectivity index (χ3n) is 6.30. The number of ketones is 1. The molecule has 0 bridgehead atoms. The van der Waals surface area contributed by atoms with Gasteiger partial charge in [0.1, 0.15) is 17.3 Å². The Balaban J connectivity index is 2.00. The van der Waals surface area contributed by atoms with Gasteiger partial charge in [-0.05, 0) is 48.2 Å². The van der Waals surface area contributed by atoms with Crippen LogP contribution in [0, 0.1) is 12.7 Å². The van der Waals surface area contributed by atoms with Crippen LogP contribution in [0.3, 0.4) is 0 Å². The average Bonchev–Trinajstić information content (AvgIpc) is 3.08. The van der Waals surface area contributed by atoms with Crippen LogP contribution >= 0.6 is 0 Å². The number of amides is 1. The Kier molecular flexibility index (Phi) is 6.24. The van der Waals surface area contributed by atoms with Gasteiger partial charge in [-0.15, -0.1) is 0 Å². The van der Waals surface area contributed by atoms with Crippen molar-refractivity contribution in [3.8, 4) is 5.75 Å². The van der Waals surface area contributed by atoms with E-state index in [4.69, 9.17) is 4.74 Å². The molecule has 4 rings (SSSR count). The second-order valence-corrected chi connectivity index (χ2v) is 9.64. The largest absolute Gasteiger partial charge is 0.507 e. The van der Waals surface area contributed by atoms with E-state index in [-0.39, 0.29) is 22.3 Å². The molecule has 1 amide bonds. The summed E-state index contributed by atoms with van der Waals surface area (Å²) in [6.45, 7) is 7.83. The maximum atomic E-state index is 15.1. The van der Waals surface area contributed by atoms with Crippen LogP contribution in [0.4, 0.5) is 10.1 Å². The molecule has 0 saturated carbocycles. The first-order valence-corrected chi connectivity index (χ1v) is 11.4. The fourth-order valence-corrected chi connectivity index (χ4v) is 4.50. The summed E-state index contributed by atoms with van der Waals surface area (Å²) in [5.74, 6) is -1.99. The van der Waals surface area contributed by atoms with E-state index < -0.39 is 23.5 Å². The number of ether oxygens (including phenoxy) is 1. The van der Waals surface area contributed by atoms with Crippen molar-refractivity contribution in [1.82, 2.24) is 0 Å². The number of hydrogen-bond acceptors (Lipinski definition) is 4. The monoisotopic (exact) mass is 473 g/mol. The number of para-hydroxylation sites is 1. The molecular formula is C29H28FNO4. The maximum absolute atomic E-state index is 15.1. The van der Waals surface area contributed by atoms with Gasteiger partial charge in [0.2, 0.25) is 0 Å². The molecule has 0 radical (unpaired) electrons. The molecule has 5 nitrogen and oxygen atoms in total. The summed E-state index contributed by atoms with van der Waals surface area (Å²) in [4.78, 5) is 27.9. The number of anilines is 1. The van der Waals surface area contributed by atoms with Gasteiger partial charge in [0.25, 0.3) is 11.7 Å². The number of methoxy groups -OCH3 is 1. The molecule has 0 spiro atoms. The zero-order valence-corrected chi connectivity index (χ0v) is 20.4. The van der Waals surface area contributed by atoms with Gasteiger partial charge in [-0.25, -0.2) is 4.39 Å². The highest BCUT2D eigenvalue weighted by Crippen LogP contribution is 2.44. The van der Waals surface area contributed by atoms with Crippen LogP contribution in [0.2, 0.25) is 0 Å². The second-order valence-electron chi connectivity index (χ2n) is 9.64. The van der Waals surface area contributed by atoms with Gasteiger partial charge in [0.05, 0.1) is 18.7 Å². The first-order chi connectivity index (χ1) is 16.6. The SMILES string of the molecule is COc1ccc(/C(O)=C2\C(=O)C(=O)N(c3ccccc3C)C2c2ccccc2F)cc1C(C)(C)C. The smallest absolute Gasteiger partial charge is 0.300 e. The number of aryl methyl sites for hydroxylation is 1. The Morgan fingerprint density at radius 2 is 1.66 bits per heavy atom. The maximum Gasteiger partial charge on any atom is 0.300 e. The summed E-state index contributed by atoms with van der Waals surface area (Å²) in [5, 5.41) is 11.4. The van der Waals surface area contributed by atoms with E-state index in [0.717, 1.165) is 11.1 Å². The van der Waals surface area contributed by atoms with E-state index in [1.54, 1.807) is 43.5 Å². The number of benzene rings is 3. The highest BCUT2D eigenvalue weighted by atomic mass is 19.1. The van der Waals surface area contributed by atoms with Crippen LogP contribution < -0.4 is 9.64 Å². The molecule has 0 aromatic heterocycles. The predicted octanol–water partition coefficient (Wildman–Crippen LogP) is 6.07. The lowest BCUT2D eigenvalue weighted by molar-refractivity contribution is -0.132. The molecule has 1 heterocycles. The van der Waals surface area contributed by atoms with Crippen LogP contribution in [0.5, 0.6) is 5.75 Å². The van der Waals surface area contributed by atoms with Crippen molar-refractivity contribution in [3.05, 3.63) is 100 Å². The van der Waals surface area contributed by atoms with Crippen molar-refractivity contribution in [1.29, 1.82) is 0 Å². The minimum Gasteiger partial charge on any atom is -0.507 e. The summed E-state index contributed by atoms with van der Waals surface area (Å²) < 4.78 is 20.6. The molecule has 1 aliphatic heterocycles.